The average molecular weight is 604 g/mol. The Kier molecular flexibility index (Phi) is 13.3. The van der Waals surface area contributed by atoms with Gasteiger partial charge in [-0.15, -0.1) is 0 Å². The van der Waals surface area contributed by atoms with Crippen LogP contribution in [0.3, 0.4) is 0 Å². The second-order valence-corrected chi connectivity index (χ2v) is 10.2. The van der Waals surface area contributed by atoms with Crippen molar-refractivity contribution in [1.29, 1.82) is 0 Å². The van der Waals surface area contributed by atoms with Gasteiger partial charge in [0.25, 0.3) is 12.3 Å². The molecule has 2 aromatic heterocycles. The van der Waals surface area contributed by atoms with Gasteiger partial charge in [0.1, 0.15) is 11.4 Å². The summed E-state index contributed by atoms with van der Waals surface area (Å²) in [5.41, 5.74) is 3.19. The number of hydrogen-bond acceptors (Lipinski definition) is 9. The fourth-order valence-corrected chi connectivity index (χ4v) is 4.69. The molecule has 0 bridgehead atoms. The number of amides is 1. The molecule has 2 fully saturated rings. The number of hydrazone groups is 1. The normalized spacial score (nSPS) is 17.7. The van der Waals surface area contributed by atoms with Gasteiger partial charge in [-0.05, 0) is 49.4 Å². The summed E-state index contributed by atoms with van der Waals surface area (Å²) < 4.78 is 43.8. The topological polar surface area (TPSA) is 107 Å². The third-order valence-corrected chi connectivity index (χ3v) is 7.16. The number of amidine groups is 1. The van der Waals surface area contributed by atoms with Crippen molar-refractivity contribution >= 4 is 22.8 Å². The Hall–Kier alpha value is -3.43. The minimum absolute atomic E-state index is 0.143. The maximum absolute atomic E-state index is 13.5. The molecule has 2 N–H and O–H groups in total. The highest BCUT2D eigenvalue weighted by molar-refractivity contribution is 8.14. The number of nitrogens with zero attached hydrogens (tertiary/aromatic N) is 3. The van der Waals surface area contributed by atoms with Crippen molar-refractivity contribution in [1.82, 2.24) is 20.7 Å². The van der Waals surface area contributed by atoms with E-state index < -0.39 is 18.0 Å². The highest BCUT2D eigenvalue weighted by Gasteiger charge is 2.25. The highest BCUT2D eigenvalue weighted by Crippen LogP contribution is 2.36. The van der Waals surface area contributed by atoms with Crippen LogP contribution >= 0.6 is 11.8 Å². The first-order chi connectivity index (χ1) is 20.5. The highest BCUT2D eigenvalue weighted by atomic mass is 32.2. The molecule has 9 nitrogen and oxygen atoms in total. The third kappa shape index (κ3) is 9.29. The van der Waals surface area contributed by atoms with Crippen LogP contribution in [0, 0.1) is 23.7 Å². The number of halogens is 2. The molecule has 1 atom stereocenters. The third-order valence-electron chi connectivity index (χ3n) is 6.28. The van der Waals surface area contributed by atoms with Crippen LogP contribution in [-0.4, -0.2) is 53.3 Å². The lowest BCUT2D eigenvalue weighted by Crippen LogP contribution is -2.28. The molecule has 0 aromatic carbocycles. The summed E-state index contributed by atoms with van der Waals surface area (Å²) in [7, 11) is 1.41. The van der Waals surface area contributed by atoms with Crippen LogP contribution in [0.4, 0.5) is 8.78 Å². The Morgan fingerprint density at radius 1 is 1.10 bits per heavy atom. The van der Waals surface area contributed by atoms with Crippen LogP contribution in [-0.2, 0) is 4.74 Å². The molecule has 1 unspecified atom stereocenters. The van der Waals surface area contributed by atoms with E-state index in [1.165, 1.54) is 37.3 Å². The van der Waals surface area contributed by atoms with Crippen molar-refractivity contribution in [2.24, 2.45) is 16.9 Å². The fraction of sp³-hybridized carbons (Fsp3) is 0.533. The second kappa shape index (κ2) is 16.9. The molecule has 1 amide bonds. The lowest BCUT2D eigenvalue weighted by atomic mass is 10.00. The molecule has 0 radical (unpaired) electrons. The number of hydrogen-bond donors (Lipinski definition) is 2. The standard InChI is InChI=1S/C26H27F2N5O4S.2C2H6/c1-35-21-13-29-20(24(27)28)10-18(21)17-11-22(37-14-16-6-8-36-9-7-16)30-12-19(17)25(34)31-26-33-32-23(38-26)5-4-15-2-3-15;2*1-2/h10-13,15-16,23-24,32H,2-3,6-9,14H2,1H3,(H,31,33,34);2*1-2H3. The minimum atomic E-state index is -2.80. The smallest absolute Gasteiger partial charge is 0.280 e. The van der Waals surface area contributed by atoms with Gasteiger partial charge in [0.15, 0.2) is 10.5 Å². The Morgan fingerprint density at radius 3 is 2.50 bits per heavy atom. The summed E-state index contributed by atoms with van der Waals surface area (Å²) in [6.07, 6.45) is 3.77. The Morgan fingerprint density at radius 2 is 1.83 bits per heavy atom. The molecule has 3 aliphatic rings. The van der Waals surface area contributed by atoms with Crippen LogP contribution in [0.2, 0.25) is 0 Å². The van der Waals surface area contributed by atoms with E-state index in [9.17, 15) is 13.6 Å². The lowest BCUT2D eigenvalue weighted by Gasteiger charge is -2.22. The number of alkyl halides is 2. The van der Waals surface area contributed by atoms with Crippen LogP contribution in [0.15, 0.2) is 29.6 Å². The molecule has 4 heterocycles. The molecule has 228 valence electrons. The van der Waals surface area contributed by atoms with Crippen molar-refractivity contribution in [3.63, 3.8) is 0 Å². The summed E-state index contributed by atoms with van der Waals surface area (Å²) >= 11 is 1.29. The fourth-order valence-electron chi connectivity index (χ4n) is 3.97. The number of rotatable bonds is 7. The van der Waals surface area contributed by atoms with E-state index >= 15 is 0 Å². The Balaban J connectivity index is 0.00000116. The van der Waals surface area contributed by atoms with E-state index in [4.69, 9.17) is 14.2 Å². The number of nitrogens with one attached hydrogen (secondary N) is 2. The SMILES string of the molecule is CC.CC.COc1cnc(C(F)F)cc1-c1cc(OCC2CCOCC2)ncc1C(=O)NC1=NNC(C#CC2CC2)S1. The maximum atomic E-state index is 13.5. The monoisotopic (exact) mass is 603 g/mol. The van der Waals surface area contributed by atoms with E-state index in [2.05, 4.69) is 37.7 Å². The summed E-state index contributed by atoms with van der Waals surface area (Å²) in [5.74, 6) is 7.04. The van der Waals surface area contributed by atoms with Gasteiger partial charge in [0.2, 0.25) is 5.88 Å². The van der Waals surface area contributed by atoms with Crippen molar-refractivity contribution in [2.75, 3.05) is 26.9 Å². The number of ether oxygens (including phenoxy) is 3. The summed E-state index contributed by atoms with van der Waals surface area (Å²) in [6, 6.07) is 2.78. The zero-order valence-corrected chi connectivity index (χ0v) is 25.5. The van der Waals surface area contributed by atoms with Gasteiger partial charge in [-0.1, -0.05) is 39.5 Å². The predicted molar refractivity (Wildman–Crippen MR) is 161 cm³/mol. The lowest BCUT2D eigenvalue weighted by molar-refractivity contribution is 0.0490. The van der Waals surface area contributed by atoms with Crippen LogP contribution in [0.25, 0.3) is 11.1 Å². The van der Waals surface area contributed by atoms with E-state index in [1.54, 1.807) is 6.07 Å². The number of methoxy groups -OCH3 is 1. The zero-order valence-electron chi connectivity index (χ0n) is 24.7. The van der Waals surface area contributed by atoms with Crippen molar-refractivity contribution in [3.05, 3.63) is 35.8 Å². The molecule has 12 heteroatoms. The van der Waals surface area contributed by atoms with Crippen LogP contribution in [0.1, 0.15) is 75.9 Å². The van der Waals surface area contributed by atoms with E-state index in [0.29, 0.717) is 42.4 Å². The molecule has 2 aliphatic heterocycles. The summed E-state index contributed by atoms with van der Waals surface area (Å²) in [6.45, 7) is 9.79. The zero-order chi connectivity index (χ0) is 30.5. The van der Waals surface area contributed by atoms with Gasteiger partial charge >= 0.3 is 0 Å². The van der Waals surface area contributed by atoms with Gasteiger partial charge in [-0.2, -0.15) is 5.10 Å². The van der Waals surface area contributed by atoms with Gasteiger partial charge in [-0.3, -0.25) is 20.5 Å². The first-order valence-corrected chi connectivity index (χ1v) is 15.2. The predicted octanol–water partition coefficient (Wildman–Crippen LogP) is 6.02. The molecular formula is C30H39F2N5O4S. The molecular weight excluding hydrogens is 564 g/mol. The molecule has 1 saturated heterocycles. The number of aromatic nitrogens is 2. The molecule has 1 saturated carbocycles. The minimum Gasteiger partial charge on any atom is -0.494 e. The van der Waals surface area contributed by atoms with Crippen molar-refractivity contribution in [3.8, 4) is 34.6 Å². The van der Waals surface area contributed by atoms with Crippen molar-refractivity contribution < 1.29 is 27.8 Å². The molecule has 1 aliphatic carbocycles. The van der Waals surface area contributed by atoms with Crippen LogP contribution < -0.4 is 20.2 Å². The molecule has 5 rings (SSSR count). The first kappa shape index (κ1) is 33.1. The van der Waals surface area contributed by atoms with E-state index in [0.717, 1.165) is 25.7 Å². The maximum Gasteiger partial charge on any atom is 0.280 e. The summed E-state index contributed by atoms with van der Waals surface area (Å²) in [5, 5.41) is 7.02. The van der Waals surface area contributed by atoms with Gasteiger partial charge < -0.3 is 14.2 Å². The Bertz CT molecular complexity index is 1270. The second-order valence-electron chi connectivity index (χ2n) is 9.11. The van der Waals surface area contributed by atoms with E-state index in [-0.39, 0.29) is 28.1 Å². The largest absolute Gasteiger partial charge is 0.494 e. The Labute approximate surface area is 250 Å². The summed E-state index contributed by atoms with van der Waals surface area (Å²) in [4.78, 5) is 21.4. The molecule has 0 spiro atoms. The number of thioether (sulfide) groups is 1. The average Bonchev–Trinajstić information content (AvgIpc) is 3.77. The van der Waals surface area contributed by atoms with Gasteiger partial charge in [-0.25, -0.2) is 13.8 Å². The number of pyridine rings is 2. The van der Waals surface area contributed by atoms with Crippen molar-refractivity contribution in [2.45, 2.75) is 65.2 Å². The van der Waals surface area contributed by atoms with Gasteiger partial charge in [0, 0.05) is 42.5 Å². The molecule has 2 aromatic rings. The van der Waals surface area contributed by atoms with Crippen LogP contribution in [0.5, 0.6) is 11.6 Å². The number of carbonyl (C=O) groups is 1. The van der Waals surface area contributed by atoms with E-state index in [1.807, 2.05) is 27.7 Å². The molecule has 42 heavy (non-hydrogen) atoms. The first-order valence-electron chi connectivity index (χ1n) is 14.4. The van der Waals surface area contributed by atoms with Gasteiger partial charge in [0.05, 0.1) is 25.5 Å². The number of carbonyl (C=O) groups excluding carboxylic acids is 1. The quantitative estimate of drug-likeness (QED) is 0.370.